The van der Waals surface area contributed by atoms with E-state index in [9.17, 15) is 4.79 Å². The average Bonchev–Trinajstić information content (AvgIpc) is 1.65. The van der Waals surface area contributed by atoms with Gasteiger partial charge in [0.1, 0.15) is 0 Å². The van der Waals surface area contributed by atoms with Crippen LogP contribution >= 0.6 is 0 Å². The molecule has 6 heavy (non-hydrogen) atoms. The molecule has 0 aromatic heterocycles. The topological polar surface area (TPSA) is 29.1 Å². The summed E-state index contributed by atoms with van der Waals surface area (Å²) in [4.78, 5) is 9.55. The van der Waals surface area contributed by atoms with Crippen LogP contribution in [0, 0.1) is 0 Å². The van der Waals surface area contributed by atoms with Crippen molar-refractivity contribution in [2.24, 2.45) is 0 Å². The van der Waals surface area contributed by atoms with E-state index in [1.807, 2.05) is 0 Å². The number of likely N-dealkylation sites (N-methyl/N-ethyl adjacent to an activating group) is 1. The van der Waals surface area contributed by atoms with Gasteiger partial charge in [0.2, 0.25) is 6.29 Å². The maximum Gasteiger partial charge on any atom is 0.216 e. The van der Waals surface area contributed by atoms with Crippen LogP contribution in [0.25, 0.3) is 0 Å². The molecule has 2 heteroatoms. The van der Waals surface area contributed by atoms with E-state index < -0.39 is 0 Å². The van der Waals surface area contributed by atoms with Gasteiger partial charge in [-0.15, -0.1) is 0 Å². The van der Waals surface area contributed by atoms with Crippen molar-refractivity contribution in [2.45, 2.75) is 13.0 Å². The Morgan fingerprint density at radius 3 is 2.33 bits per heavy atom. The molecular weight excluding hydrogens is 78.0 g/mol. The molecule has 1 N–H and O–H groups in total. The Hall–Kier alpha value is -0.370. The maximum atomic E-state index is 9.55. The third-order valence-corrected chi connectivity index (χ3v) is 0.610. The molecule has 0 aliphatic rings. The Labute approximate surface area is 37.5 Å². The predicted molar refractivity (Wildman–Crippen MR) is 24.2 cm³/mol. The van der Waals surface area contributed by atoms with Crippen LogP contribution in [0.2, 0.25) is 0 Å². The zero-order valence-electron chi connectivity index (χ0n) is 3.99. The predicted octanol–water partition coefficient (Wildman–Crippen LogP) is -0.296. The van der Waals surface area contributed by atoms with Gasteiger partial charge in [-0.25, -0.2) is 0 Å². The maximum absolute atomic E-state index is 9.55. The van der Waals surface area contributed by atoms with Crippen LogP contribution in [0.5, 0.6) is 0 Å². The van der Waals surface area contributed by atoms with E-state index in [-0.39, 0.29) is 6.04 Å². The highest BCUT2D eigenvalue weighted by Crippen LogP contribution is 1.64. The Morgan fingerprint density at radius 1 is 1.83 bits per heavy atom. The van der Waals surface area contributed by atoms with Gasteiger partial charge >= 0.3 is 0 Å². The molecular formula is C4H8NO. The molecule has 0 aromatic carbocycles. The second-order valence-electron chi connectivity index (χ2n) is 1.13. The third kappa shape index (κ3) is 1.91. The zero-order valence-corrected chi connectivity index (χ0v) is 3.99. The quantitative estimate of drug-likeness (QED) is 0.500. The van der Waals surface area contributed by atoms with Crippen molar-refractivity contribution in [3.8, 4) is 0 Å². The van der Waals surface area contributed by atoms with E-state index in [4.69, 9.17) is 0 Å². The summed E-state index contributed by atoms with van der Waals surface area (Å²) in [5.41, 5.74) is 0. The fraction of sp³-hybridized carbons (Fsp3) is 0.750. The molecule has 0 bridgehead atoms. The van der Waals surface area contributed by atoms with Crippen molar-refractivity contribution in [2.75, 3.05) is 7.05 Å². The minimum Gasteiger partial charge on any atom is -0.310 e. The Morgan fingerprint density at radius 2 is 2.33 bits per heavy atom. The summed E-state index contributed by atoms with van der Waals surface area (Å²) in [5.74, 6) is 0. The van der Waals surface area contributed by atoms with Crippen LogP contribution in [0.3, 0.4) is 0 Å². The van der Waals surface area contributed by atoms with Crippen molar-refractivity contribution < 1.29 is 4.79 Å². The van der Waals surface area contributed by atoms with Gasteiger partial charge in [-0.2, -0.15) is 0 Å². The first-order valence-electron chi connectivity index (χ1n) is 1.86. The lowest BCUT2D eigenvalue weighted by Gasteiger charge is -1.92. The largest absolute Gasteiger partial charge is 0.310 e. The second kappa shape index (κ2) is 2.85. The molecule has 2 nitrogen and oxygen atoms in total. The summed E-state index contributed by atoms with van der Waals surface area (Å²) in [6.07, 6.45) is 1.75. The molecule has 0 rings (SSSR count). The monoisotopic (exact) mass is 86.1 g/mol. The second-order valence-corrected chi connectivity index (χ2v) is 1.13. The van der Waals surface area contributed by atoms with Crippen LogP contribution < -0.4 is 5.32 Å². The van der Waals surface area contributed by atoms with E-state index in [1.165, 1.54) is 0 Å². The summed E-state index contributed by atoms with van der Waals surface area (Å²) in [5, 5.41) is 2.69. The molecule has 0 aromatic rings. The molecule has 0 saturated heterocycles. The number of nitrogens with one attached hydrogen (secondary N) is 1. The minimum absolute atomic E-state index is 0.120. The van der Waals surface area contributed by atoms with Crippen molar-refractivity contribution in [3.05, 3.63) is 0 Å². The van der Waals surface area contributed by atoms with Crippen LogP contribution in [0.4, 0.5) is 0 Å². The smallest absolute Gasteiger partial charge is 0.216 e. The minimum atomic E-state index is -0.120. The molecule has 1 atom stereocenters. The molecule has 0 heterocycles. The summed E-state index contributed by atoms with van der Waals surface area (Å²) < 4.78 is 0. The highest BCUT2D eigenvalue weighted by atomic mass is 16.1. The zero-order chi connectivity index (χ0) is 4.99. The Bertz CT molecular complexity index is 44.8. The highest BCUT2D eigenvalue weighted by Gasteiger charge is 1.89. The molecule has 0 fully saturated rings. The first-order chi connectivity index (χ1) is 2.81. The van der Waals surface area contributed by atoms with Crippen molar-refractivity contribution in [1.29, 1.82) is 0 Å². The van der Waals surface area contributed by atoms with E-state index >= 15 is 0 Å². The number of carbonyl (C=O) groups excluding carboxylic acids is 1. The van der Waals surface area contributed by atoms with Crippen molar-refractivity contribution >= 4 is 6.29 Å². The van der Waals surface area contributed by atoms with Crippen LogP contribution in [-0.4, -0.2) is 19.4 Å². The van der Waals surface area contributed by atoms with E-state index in [1.54, 1.807) is 20.3 Å². The summed E-state index contributed by atoms with van der Waals surface area (Å²) in [6.45, 7) is 1.74. The van der Waals surface area contributed by atoms with E-state index in [2.05, 4.69) is 5.32 Å². The molecule has 1 radical (unpaired) electrons. The fourth-order valence-electron chi connectivity index (χ4n) is 0.0589. The molecule has 0 saturated carbocycles. The number of hydrogen-bond acceptors (Lipinski definition) is 2. The fourth-order valence-corrected chi connectivity index (χ4v) is 0.0589. The lowest BCUT2D eigenvalue weighted by Crippen LogP contribution is -2.21. The first kappa shape index (κ1) is 5.63. The van der Waals surface area contributed by atoms with Gasteiger partial charge in [0.15, 0.2) is 0 Å². The molecule has 0 spiro atoms. The summed E-state index contributed by atoms with van der Waals surface area (Å²) >= 11 is 0. The molecule has 0 aliphatic heterocycles. The highest BCUT2D eigenvalue weighted by molar-refractivity contribution is 5.57. The SMILES string of the molecule is CN[C@H](C)[C]=O. The lowest BCUT2D eigenvalue weighted by molar-refractivity contribution is 0.535. The Kier molecular flexibility index (Phi) is 2.67. The molecule has 0 aliphatic carbocycles. The Balaban J connectivity index is 2.96. The van der Waals surface area contributed by atoms with Gasteiger partial charge in [-0.1, -0.05) is 0 Å². The third-order valence-electron chi connectivity index (χ3n) is 0.610. The van der Waals surface area contributed by atoms with Gasteiger partial charge in [0, 0.05) is 0 Å². The van der Waals surface area contributed by atoms with Gasteiger partial charge in [-0.3, -0.25) is 4.79 Å². The van der Waals surface area contributed by atoms with Crippen LogP contribution in [-0.2, 0) is 4.79 Å². The van der Waals surface area contributed by atoms with Crippen molar-refractivity contribution in [3.63, 3.8) is 0 Å². The molecule has 35 valence electrons. The standard InChI is InChI=1S/C4H8NO/c1-4(3-6)5-2/h4-5H,1-2H3/t4-/m1/s1. The first-order valence-corrected chi connectivity index (χ1v) is 1.86. The molecule has 0 amide bonds. The van der Waals surface area contributed by atoms with Gasteiger partial charge < -0.3 is 5.32 Å². The summed E-state index contributed by atoms with van der Waals surface area (Å²) in [7, 11) is 1.72. The van der Waals surface area contributed by atoms with Gasteiger partial charge in [-0.05, 0) is 14.0 Å². The summed E-state index contributed by atoms with van der Waals surface area (Å²) in [6, 6.07) is -0.120. The lowest BCUT2D eigenvalue weighted by atomic mass is 10.4. The van der Waals surface area contributed by atoms with E-state index in [0.717, 1.165) is 0 Å². The van der Waals surface area contributed by atoms with Gasteiger partial charge in [0.05, 0.1) is 6.04 Å². The van der Waals surface area contributed by atoms with Crippen molar-refractivity contribution in [1.82, 2.24) is 5.32 Å². The van der Waals surface area contributed by atoms with E-state index in [0.29, 0.717) is 0 Å². The number of rotatable bonds is 2. The van der Waals surface area contributed by atoms with Crippen LogP contribution in [0.15, 0.2) is 0 Å². The number of hydrogen-bond donors (Lipinski definition) is 1. The normalized spacial score (nSPS) is 13.7. The average molecular weight is 86.1 g/mol. The molecule has 0 unspecified atom stereocenters. The van der Waals surface area contributed by atoms with Gasteiger partial charge in [0.25, 0.3) is 0 Å². The van der Waals surface area contributed by atoms with Crippen LogP contribution in [0.1, 0.15) is 6.92 Å².